The fraction of sp³-hybridized carbons (Fsp3) is 0.364. The van der Waals surface area contributed by atoms with Gasteiger partial charge in [0.15, 0.2) is 0 Å². The van der Waals surface area contributed by atoms with Crippen molar-refractivity contribution in [3.8, 4) is 0 Å². The fourth-order valence-corrected chi connectivity index (χ4v) is 1.59. The van der Waals surface area contributed by atoms with E-state index < -0.39 is 0 Å². The number of likely N-dealkylation sites (N-methyl/N-ethyl adjacent to an activating group) is 1. The maximum atomic E-state index is 12.0. The average Bonchev–Trinajstić information content (AvgIpc) is 2.33. The molecule has 0 bridgehead atoms. The molecule has 0 unspecified atom stereocenters. The molecule has 0 aliphatic rings. The third-order valence-electron chi connectivity index (χ3n) is 2.49. The highest BCUT2D eigenvalue weighted by Crippen LogP contribution is 2.03. The van der Waals surface area contributed by atoms with Crippen LogP contribution in [0.1, 0.15) is 0 Å². The predicted octanol–water partition coefficient (Wildman–Crippen LogP) is -0.327. The van der Waals surface area contributed by atoms with Crippen molar-refractivity contribution in [2.75, 3.05) is 20.2 Å². The quantitative estimate of drug-likeness (QED) is 0.784. The van der Waals surface area contributed by atoms with Crippen molar-refractivity contribution in [3.63, 3.8) is 0 Å². The van der Waals surface area contributed by atoms with Crippen molar-refractivity contribution in [3.05, 3.63) is 34.6 Å². The molecule has 17 heavy (non-hydrogen) atoms. The zero-order chi connectivity index (χ0) is 12.3. The summed E-state index contributed by atoms with van der Waals surface area (Å²) in [7, 11) is 1.81. The molecule has 0 saturated carbocycles. The highest BCUT2D eigenvalue weighted by atomic mass is 16.3. The highest BCUT2D eigenvalue weighted by molar-refractivity contribution is 5.76. The van der Waals surface area contributed by atoms with Crippen molar-refractivity contribution in [2.45, 2.75) is 6.67 Å². The molecule has 1 aromatic carbocycles. The van der Waals surface area contributed by atoms with E-state index in [1.54, 1.807) is 30.1 Å². The maximum absolute atomic E-state index is 12.0. The van der Waals surface area contributed by atoms with Crippen molar-refractivity contribution in [2.24, 2.45) is 0 Å². The number of hydrogen-bond donors (Lipinski definition) is 1. The molecule has 0 spiro atoms. The third-order valence-corrected chi connectivity index (χ3v) is 2.49. The van der Waals surface area contributed by atoms with Crippen molar-refractivity contribution in [1.82, 2.24) is 19.9 Å². The molecule has 0 aliphatic carbocycles. The molecular weight excluding hydrogens is 220 g/mol. The Balaban J connectivity index is 2.36. The molecule has 1 N–H and O–H groups in total. The van der Waals surface area contributed by atoms with Gasteiger partial charge in [0.1, 0.15) is 5.52 Å². The van der Waals surface area contributed by atoms with Gasteiger partial charge in [-0.25, -0.2) is 0 Å². The Bertz CT molecular complexity index is 567. The van der Waals surface area contributed by atoms with Crippen LogP contribution in [0.15, 0.2) is 29.1 Å². The van der Waals surface area contributed by atoms with E-state index in [0.717, 1.165) is 0 Å². The van der Waals surface area contributed by atoms with Gasteiger partial charge in [0.25, 0.3) is 5.56 Å². The highest BCUT2D eigenvalue weighted by Gasteiger charge is 2.06. The zero-order valence-corrected chi connectivity index (χ0v) is 9.58. The van der Waals surface area contributed by atoms with Crippen LogP contribution < -0.4 is 5.56 Å². The number of aliphatic hydroxyl groups excluding tert-OH is 1. The minimum Gasteiger partial charge on any atom is -0.395 e. The number of rotatable bonds is 4. The minimum atomic E-state index is -0.166. The molecule has 0 amide bonds. The first kappa shape index (κ1) is 11.7. The van der Waals surface area contributed by atoms with Crippen molar-refractivity contribution < 1.29 is 5.11 Å². The fourth-order valence-electron chi connectivity index (χ4n) is 1.59. The largest absolute Gasteiger partial charge is 0.395 e. The monoisotopic (exact) mass is 234 g/mol. The first-order valence-electron chi connectivity index (χ1n) is 5.34. The summed E-state index contributed by atoms with van der Waals surface area (Å²) >= 11 is 0. The SMILES string of the molecule is CN(CCO)Cn1nnc2ccccc2c1=O. The summed E-state index contributed by atoms with van der Waals surface area (Å²) in [6.07, 6.45) is 0. The van der Waals surface area contributed by atoms with Gasteiger partial charge in [-0.2, -0.15) is 4.68 Å². The van der Waals surface area contributed by atoms with E-state index >= 15 is 0 Å². The Labute approximate surface area is 98.1 Å². The molecular formula is C11H14N4O2. The summed E-state index contributed by atoms with van der Waals surface area (Å²) in [6.45, 7) is 0.852. The summed E-state index contributed by atoms with van der Waals surface area (Å²) in [5.41, 5.74) is 0.430. The van der Waals surface area contributed by atoms with Gasteiger partial charge < -0.3 is 5.11 Å². The number of benzene rings is 1. The molecule has 1 aromatic heterocycles. The van der Waals surface area contributed by atoms with Gasteiger partial charge in [-0.1, -0.05) is 17.3 Å². The molecule has 0 saturated heterocycles. The van der Waals surface area contributed by atoms with Gasteiger partial charge >= 0.3 is 0 Å². The Kier molecular flexibility index (Phi) is 3.46. The number of fused-ring (bicyclic) bond motifs is 1. The van der Waals surface area contributed by atoms with Crippen LogP contribution in [0.3, 0.4) is 0 Å². The van der Waals surface area contributed by atoms with Crippen molar-refractivity contribution >= 4 is 10.9 Å². The molecule has 0 aliphatic heterocycles. The van der Waals surface area contributed by atoms with Gasteiger partial charge in [-0.15, -0.1) is 5.10 Å². The standard InChI is InChI=1S/C11H14N4O2/c1-14(6-7-16)8-15-11(17)9-4-2-3-5-10(9)12-13-15/h2-5,16H,6-8H2,1H3. The van der Waals surface area contributed by atoms with E-state index in [4.69, 9.17) is 5.11 Å². The second kappa shape index (κ2) is 5.03. The summed E-state index contributed by atoms with van der Waals surface area (Å²) in [6, 6.07) is 7.10. The predicted molar refractivity (Wildman–Crippen MR) is 63.5 cm³/mol. The number of aromatic nitrogens is 3. The molecule has 2 aromatic rings. The van der Waals surface area contributed by atoms with Crippen LogP contribution in [0.2, 0.25) is 0 Å². The van der Waals surface area contributed by atoms with Gasteiger partial charge in [0.05, 0.1) is 18.7 Å². The maximum Gasteiger partial charge on any atom is 0.278 e. The van der Waals surface area contributed by atoms with E-state index in [1.165, 1.54) is 4.68 Å². The lowest BCUT2D eigenvalue weighted by molar-refractivity contribution is 0.183. The Morgan fingerprint density at radius 2 is 2.18 bits per heavy atom. The number of nitrogens with zero attached hydrogens (tertiary/aromatic N) is 4. The minimum absolute atomic E-state index is 0.0479. The Morgan fingerprint density at radius 3 is 2.94 bits per heavy atom. The van der Waals surface area contributed by atoms with Gasteiger partial charge in [-0.3, -0.25) is 9.69 Å². The van der Waals surface area contributed by atoms with Crippen LogP contribution in [0.25, 0.3) is 10.9 Å². The van der Waals surface area contributed by atoms with Crippen LogP contribution in [-0.4, -0.2) is 45.2 Å². The molecule has 0 atom stereocenters. The lowest BCUT2D eigenvalue weighted by Gasteiger charge is -2.15. The molecule has 2 rings (SSSR count). The van der Waals surface area contributed by atoms with Crippen LogP contribution >= 0.6 is 0 Å². The Hall–Kier alpha value is -1.79. The van der Waals surface area contributed by atoms with E-state index in [0.29, 0.717) is 24.1 Å². The second-order valence-electron chi connectivity index (χ2n) is 3.86. The molecule has 0 radical (unpaired) electrons. The summed E-state index contributed by atoms with van der Waals surface area (Å²) in [4.78, 5) is 13.8. The van der Waals surface area contributed by atoms with Gasteiger partial charge in [0, 0.05) is 6.54 Å². The summed E-state index contributed by atoms with van der Waals surface area (Å²) in [5.74, 6) is 0. The van der Waals surface area contributed by atoms with Gasteiger partial charge in [0.2, 0.25) is 0 Å². The molecule has 1 heterocycles. The molecule has 6 heteroatoms. The first-order valence-corrected chi connectivity index (χ1v) is 5.34. The number of hydrogen-bond acceptors (Lipinski definition) is 5. The molecule has 6 nitrogen and oxygen atoms in total. The second-order valence-corrected chi connectivity index (χ2v) is 3.86. The number of aliphatic hydroxyl groups is 1. The van der Waals surface area contributed by atoms with Crippen molar-refractivity contribution in [1.29, 1.82) is 0 Å². The Morgan fingerprint density at radius 1 is 1.41 bits per heavy atom. The van der Waals surface area contributed by atoms with Crippen LogP contribution in [0.4, 0.5) is 0 Å². The van der Waals surface area contributed by atoms with Crippen LogP contribution in [0, 0.1) is 0 Å². The molecule has 0 fully saturated rings. The normalized spacial score (nSPS) is 11.2. The summed E-state index contributed by atoms with van der Waals surface area (Å²) < 4.78 is 1.29. The van der Waals surface area contributed by atoms with E-state index in [1.807, 2.05) is 6.07 Å². The topological polar surface area (TPSA) is 71.2 Å². The first-order chi connectivity index (χ1) is 8.22. The van der Waals surface area contributed by atoms with Gasteiger partial charge in [-0.05, 0) is 19.2 Å². The third kappa shape index (κ3) is 2.48. The average molecular weight is 234 g/mol. The zero-order valence-electron chi connectivity index (χ0n) is 9.58. The van der Waals surface area contributed by atoms with Crippen LogP contribution in [0.5, 0.6) is 0 Å². The lowest BCUT2D eigenvalue weighted by Crippen LogP contribution is -2.33. The smallest absolute Gasteiger partial charge is 0.278 e. The summed E-state index contributed by atoms with van der Waals surface area (Å²) in [5, 5.41) is 17.2. The van der Waals surface area contributed by atoms with E-state index in [2.05, 4.69) is 10.3 Å². The lowest BCUT2D eigenvalue weighted by atomic mass is 10.2. The van der Waals surface area contributed by atoms with E-state index in [-0.39, 0.29) is 12.2 Å². The molecule has 90 valence electrons. The van der Waals surface area contributed by atoms with Crippen LogP contribution in [-0.2, 0) is 6.67 Å². The van der Waals surface area contributed by atoms with E-state index in [9.17, 15) is 4.79 Å².